The lowest BCUT2D eigenvalue weighted by atomic mass is 10.0. The van der Waals surface area contributed by atoms with Crippen LogP contribution in [0.5, 0.6) is 5.75 Å². The maximum atomic E-state index is 11.8. The zero-order chi connectivity index (χ0) is 14.8. The number of halogens is 1. The maximum absolute atomic E-state index is 11.8. The van der Waals surface area contributed by atoms with Crippen molar-refractivity contribution in [3.63, 3.8) is 0 Å². The van der Waals surface area contributed by atoms with Gasteiger partial charge in [-0.2, -0.15) is 0 Å². The summed E-state index contributed by atoms with van der Waals surface area (Å²) < 4.78 is 5.17. The molecule has 1 aliphatic rings. The normalized spacial score (nSPS) is 17.7. The second-order valence-corrected chi connectivity index (χ2v) is 5.31. The van der Waals surface area contributed by atoms with Crippen LogP contribution in [-0.4, -0.2) is 13.0 Å². The van der Waals surface area contributed by atoms with Gasteiger partial charge in [0.2, 0.25) is 5.91 Å². The Hall–Kier alpha value is -2.20. The van der Waals surface area contributed by atoms with Gasteiger partial charge in [0.25, 0.3) is 0 Å². The van der Waals surface area contributed by atoms with Crippen LogP contribution in [0.15, 0.2) is 48.5 Å². The Kier molecular flexibility index (Phi) is 3.71. The van der Waals surface area contributed by atoms with Crippen LogP contribution in [0, 0.1) is 0 Å². The zero-order valence-corrected chi connectivity index (χ0v) is 12.3. The Labute approximate surface area is 128 Å². The molecule has 108 valence electrons. The lowest BCUT2D eigenvalue weighted by Gasteiger charge is -2.26. The minimum Gasteiger partial charge on any atom is -0.497 e. The molecule has 1 aliphatic heterocycles. The summed E-state index contributed by atoms with van der Waals surface area (Å²) >= 11 is 6.04. The van der Waals surface area contributed by atoms with Crippen molar-refractivity contribution in [2.24, 2.45) is 0 Å². The van der Waals surface area contributed by atoms with E-state index >= 15 is 0 Å². The zero-order valence-electron chi connectivity index (χ0n) is 11.5. The molecule has 4 nitrogen and oxygen atoms in total. The van der Waals surface area contributed by atoms with Crippen LogP contribution in [0.25, 0.3) is 0 Å². The first-order chi connectivity index (χ1) is 10.2. The first-order valence-corrected chi connectivity index (χ1v) is 7.03. The van der Waals surface area contributed by atoms with E-state index in [0.29, 0.717) is 11.4 Å². The molecule has 1 unspecified atom stereocenters. The van der Waals surface area contributed by atoms with Gasteiger partial charge in [-0.15, -0.1) is 0 Å². The van der Waals surface area contributed by atoms with E-state index in [0.717, 1.165) is 17.0 Å². The Bertz CT molecular complexity index is 658. The third kappa shape index (κ3) is 2.81. The second kappa shape index (κ2) is 5.66. The molecule has 2 aromatic rings. The fourth-order valence-electron chi connectivity index (χ4n) is 2.49. The Morgan fingerprint density at radius 1 is 1.24 bits per heavy atom. The minimum atomic E-state index is -0.0538. The van der Waals surface area contributed by atoms with Gasteiger partial charge in [-0.25, -0.2) is 0 Å². The summed E-state index contributed by atoms with van der Waals surface area (Å²) in [4.78, 5) is 11.8. The van der Waals surface area contributed by atoms with E-state index in [1.54, 1.807) is 7.11 Å². The van der Waals surface area contributed by atoms with Gasteiger partial charge in [-0.3, -0.25) is 15.2 Å². The van der Waals surface area contributed by atoms with E-state index < -0.39 is 0 Å². The van der Waals surface area contributed by atoms with Gasteiger partial charge in [0.05, 0.1) is 25.3 Å². The average molecular weight is 303 g/mol. The summed E-state index contributed by atoms with van der Waals surface area (Å²) in [5.41, 5.74) is 4.80. The van der Waals surface area contributed by atoms with E-state index in [9.17, 15) is 4.79 Å². The monoisotopic (exact) mass is 302 g/mol. The predicted octanol–water partition coefficient (Wildman–Crippen LogP) is 3.33. The lowest BCUT2D eigenvalue weighted by molar-refractivity contribution is -0.119. The first-order valence-electron chi connectivity index (χ1n) is 6.65. The summed E-state index contributed by atoms with van der Waals surface area (Å²) in [5, 5.41) is 2.50. The molecule has 0 radical (unpaired) electrons. The molecule has 1 saturated heterocycles. The van der Waals surface area contributed by atoms with Crippen LogP contribution in [-0.2, 0) is 4.79 Å². The standard InChI is InChI=1S/C16H15ClN2O2/c1-21-14-7-5-11(6-8-14)15-10-16(20)18-19(15)13-4-2-3-12(17)9-13/h2-9,15H,10H2,1H3,(H,18,20). The average Bonchev–Trinajstić information content (AvgIpc) is 2.89. The SMILES string of the molecule is COc1ccc(C2CC(=O)NN2c2cccc(Cl)c2)cc1. The van der Waals surface area contributed by atoms with Crippen LogP contribution in [0.2, 0.25) is 5.02 Å². The molecule has 1 N–H and O–H groups in total. The summed E-state index contributed by atoms with van der Waals surface area (Å²) in [5.74, 6) is 0.793. The number of carbonyl (C=O) groups excluding carboxylic acids is 1. The fraction of sp³-hybridized carbons (Fsp3) is 0.188. The highest BCUT2D eigenvalue weighted by Crippen LogP contribution is 2.33. The maximum Gasteiger partial charge on any atom is 0.241 e. The number of hydrogen-bond acceptors (Lipinski definition) is 3. The highest BCUT2D eigenvalue weighted by molar-refractivity contribution is 6.30. The molecule has 1 atom stereocenters. The molecule has 0 saturated carbocycles. The lowest BCUT2D eigenvalue weighted by Crippen LogP contribution is -2.34. The van der Waals surface area contributed by atoms with Crippen molar-refractivity contribution in [2.45, 2.75) is 12.5 Å². The Morgan fingerprint density at radius 3 is 2.67 bits per heavy atom. The molecule has 0 spiro atoms. The third-order valence-corrected chi connectivity index (χ3v) is 3.76. The summed E-state index contributed by atoms with van der Waals surface area (Å²) in [6.07, 6.45) is 0.416. The number of rotatable bonds is 3. The van der Waals surface area contributed by atoms with E-state index in [1.807, 2.05) is 53.5 Å². The number of carbonyl (C=O) groups is 1. The molecule has 0 bridgehead atoms. The van der Waals surface area contributed by atoms with Crippen molar-refractivity contribution >= 4 is 23.2 Å². The number of ether oxygens (including phenoxy) is 1. The van der Waals surface area contributed by atoms with Gasteiger partial charge >= 0.3 is 0 Å². The number of benzene rings is 2. The molecule has 5 heteroatoms. The van der Waals surface area contributed by atoms with Gasteiger partial charge in [0.15, 0.2) is 0 Å². The van der Waals surface area contributed by atoms with Crippen molar-refractivity contribution < 1.29 is 9.53 Å². The van der Waals surface area contributed by atoms with Crippen molar-refractivity contribution in [3.8, 4) is 5.75 Å². The van der Waals surface area contributed by atoms with Gasteiger partial charge in [-0.05, 0) is 35.9 Å². The predicted molar refractivity (Wildman–Crippen MR) is 82.4 cm³/mol. The van der Waals surface area contributed by atoms with E-state index in [4.69, 9.17) is 16.3 Å². The molecule has 0 aliphatic carbocycles. The number of hydrazine groups is 1. The largest absolute Gasteiger partial charge is 0.497 e. The van der Waals surface area contributed by atoms with E-state index in [2.05, 4.69) is 5.43 Å². The highest BCUT2D eigenvalue weighted by Gasteiger charge is 2.31. The van der Waals surface area contributed by atoms with Crippen LogP contribution in [0.1, 0.15) is 18.0 Å². The van der Waals surface area contributed by atoms with E-state index in [-0.39, 0.29) is 11.9 Å². The fourth-order valence-corrected chi connectivity index (χ4v) is 2.67. The molecular formula is C16H15ClN2O2. The highest BCUT2D eigenvalue weighted by atomic mass is 35.5. The summed E-state index contributed by atoms with van der Waals surface area (Å²) in [6, 6.07) is 15.1. The number of hydrogen-bond donors (Lipinski definition) is 1. The Balaban J connectivity index is 1.93. The number of nitrogens with one attached hydrogen (secondary N) is 1. The minimum absolute atomic E-state index is 0.00389. The number of methoxy groups -OCH3 is 1. The van der Waals surface area contributed by atoms with Crippen LogP contribution >= 0.6 is 11.6 Å². The first kappa shape index (κ1) is 13.8. The quantitative estimate of drug-likeness (QED) is 0.945. The molecule has 0 aromatic heterocycles. The van der Waals surface area contributed by atoms with Crippen LogP contribution in [0.4, 0.5) is 5.69 Å². The third-order valence-electron chi connectivity index (χ3n) is 3.52. The topological polar surface area (TPSA) is 41.6 Å². The van der Waals surface area contributed by atoms with Crippen molar-refractivity contribution in [1.29, 1.82) is 0 Å². The molecule has 1 fully saturated rings. The smallest absolute Gasteiger partial charge is 0.241 e. The van der Waals surface area contributed by atoms with Gasteiger partial charge in [0, 0.05) is 5.02 Å². The molecule has 3 rings (SSSR count). The van der Waals surface area contributed by atoms with Crippen molar-refractivity contribution in [3.05, 3.63) is 59.1 Å². The molecule has 1 amide bonds. The van der Waals surface area contributed by atoms with Crippen molar-refractivity contribution in [2.75, 3.05) is 12.1 Å². The van der Waals surface area contributed by atoms with Crippen LogP contribution in [0.3, 0.4) is 0 Å². The van der Waals surface area contributed by atoms with Gasteiger partial charge < -0.3 is 4.74 Å². The van der Waals surface area contributed by atoms with E-state index in [1.165, 1.54) is 0 Å². The van der Waals surface area contributed by atoms with Crippen LogP contribution < -0.4 is 15.2 Å². The van der Waals surface area contributed by atoms with Gasteiger partial charge in [0.1, 0.15) is 5.75 Å². The van der Waals surface area contributed by atoms with Crippen molar-refractivity contribution in [1.82, 2.24) is 5.43 Å². The molecular weight excluding hydrogens is 288 g/mol. The number of nitrogens with zero attached hydrogens (tertiary/aromatic N) is 1. The molecule has 21 heavy (non-hydrogen) atoms. The summed E-state index contributed by atoms with van der Waals surface area (Å²) in [6.45, 7) is 0. The second-order valence-electron chi connectivity index (χ2n) is 4.88. The molecule has 1 heterocycles. The Morgan fingerprint density at radius 2 is 2.00 bits per heavy atom. The molecule has 2 aromatic carbocycles. The van der Waals surface area contributed by atoms with Gasteiger partial charge in [-0.1, -0.05) is 29.8 Å². The summed E-state index contributed by atoms with van der Waals surface area (Å²) in [7, 11) is 1.63. The number of anilines is 1. The number of amides is 1.